The molecule has 0 unspecified atom stereocenters. The van der Waals surface area contributed by atoms with E-state index in [0.717, 1.165) is 0 Å². The summed E-state index contributed by atoms with van der Waals surface area (Å²) < 4.78 is 10.0. The lowest BCUT2D eigenvalue weighted by molar-refractivity contribution is -0.314. The van der Waals surface area contributed by atoms with E-state index in [-0.39, 0.29) is 5.82 Å². The molecular formula is C2H3N4O3P-2. The summed E-state index contributed by atoms with van der Waals surface area (Å²) >= 11 is 0. The summed E-state index contributed by atoms with van der Waals surface area (Å²) in [4.78, 5) is 20.1. The Bertz CT molecular complexity index is 239. The van der Waals surface area contributed by atoms with Gasteiger partial charge >= 0.3 is 0 Å². The molecule has 56 valence electrons. The van der Waals surface area contributed by atoms with Crippen molar-refractivity contribution in [2.45, 2.75) is 6.16 Å². The van der Waals surface area contributed by atoms with Gasteiger partial charge in [0, 0.05) is 6.16 Å². The lowest BCUT2D eigenvalue weighted by Gasteiger charge is -2.27. The summed E-state index contributed by atoms with van der Waals surface area (Å²) in [5.74, 6) is -0.103. The molecule has 8 heteroatoms. The van der Waals surface area contributed by atoms with Gasteiger partial charge in [0.2, 0.25) is 0 Å². The number of hydrogen-bond donors (Lipinski definition) is 1. The van der Waals surface area contributed by atoms with E-state index in [4.69, 9.17) is 0 Å². The molecule has 0 saturated heterocycles. The van der Waals surface area contributed by atoms with E-state index in [1.807, 2.05) is 5.21 Å². The Kier molecular flexibility index (Phi) is 1.80. The van der Waals surface area contributed by atoms with E-state index >= 15 is 0 Å². The lowest BCUT2D eigenvalue weighted by atomic mass is 10.8. The first-order valence-electron chi connectivity index (χ1n) is 2.31. The average Bonchev–Trinajstić information content (AvgIpc) is 2.12. The molecular weight excluding hydrogens is 159 g/mol. The average molecular weight is 162 g/mol. The van der Waals surface area contributed by atoms with Crippen molar-refractivity contribution < 1.29 is 14.4 Å². The van der Waals surface area contributed by atoms with Gasteiger partial charge in [-0.1, -0.05) is 12.8 Å². The number of nitrogens with zero attached hydrogens (tertiary/aromatic N) is 3. The van der Waals surface area contributed by atoms with Crippen LogP contribution < -0.4 is 9.79 Å². The van der Waals surface area contributed by atoms with Gasteiger partial charge in [-0.3, -0.25) is 0 Å². The van der Waals surface area contributed by atoms with Crippen molar-refractivity contribution in [3.63, 3.8) is 0 Å². The molecule has 1 rings (SSSR count). The maximum absolute atomic E-state index is 10.0. The Morgan fingerprint density at radius 2 is 2.30 bits per heavy atom. The van der Waals surface area contributed by atoms with Crippen molar-refractivity contribution in [2.75, 3.05) is 0 Å². The van der Waals surface area contributed by atoms with Gasteiger partial charge in [-0.2, -0.15) is 5.21 Å². The highest BCUT2D eigenvalue weighted by atomic mass is 31.2. The smallest absolute Gasteiger partial charge is 0.179 e. The Hall–Kier alpha value is -0.780. The minimum Gasteiger partial charge on any atom is -0.810 e. The third-order valence-corrected chi connectivity index (χ3v) is 1.39. The molecule has 7 nitrogen and oxygen atoms in total. The van der Waals surface area contributed by atoms with Crippen molar-refractivity contribution >= 4 is 7.60 Å². The Morgan fingerprint density at radius 3 is 2.70 bits per heavy atom. The highest BCUT2D eigenvalue weighted by Crippen LogP contribution is 2.26. The standard InChI is InChI=1S/C2H5N4O3P/c7-10(8,9)1-2-3-5-6-4-2/h1H2,(H2,7,8,9)(H,3,4,5,6)/p-2. The Balaban J connectivity index is 2.66. The predicted molar refractivity (Wildman–Crippen MR) is 25.5 cm³/mol. The van der Waals surface area contributed by atoms with Gasteiger partial charge in [-0.15, -0.1) is 10.2 Å². The fourth-order valence-electron chi connectivity index (χ4n) is 0.423. The van der Waals surface area contributed by atoms with Crippen LogP contribution in [0.5, 0.6) is 0 Å². The maximum Gasteiger partial charge on any atom is 0.179 e. The summed E-state index contributed by atoms with van der Waals surface area (Å²) in [5.41, 5.74) is 0. The molecule has 0 amide bonds. The van der Waals surface area contributed by atoms with Crippen LogP contribution in [0.15, 0.2) is 0 Å². The van der Waals surface area contributed by atoms with Gasteiger partial charge in [0.05, 0.1) is 0 Å². The zero-order valence-corrected chi connectivity index (χ0v) is 5.62. The summed E-state index contributed by atoms with van der Waals surface area (Å²) in [6.45, 7) is 0. The first-order valence-corrected chi connectivity index (χ1v) is 4.04. The van der Waals surface area contributed by atoms with E-state index in [9.17, 15) is 14.4 Å². The molecule has 1 N–H and O–H groups in total. The highest BCUT2D eigenvalue weighted by Gasteiger charge is 1.99. The third-order valence-electron chi connectivity index (χ3n) is 0.724. The van der Waals surface area contributed by atoms with Crippen molar-refractivity contribution in [2.24, 2.45) is 0 Å². The second kappa shape index (κ2) is 2.45. The zero-order valence-electron chi connectivity index (χ0n) is 4.72. The number of rotatable bonds is 2. The molecule has 0 aliphatic heterocycles. The van der Waals surface area contributed by atoms with Crippen molar-refractivity contribution in [3.8, 4) is 0 Å². The topological polar surface area (TPSA) is 118 Å². The van der Waals surface area contributed by atoms with Crippen LogP contribution in [0.2, 0.25) is 0 Å². The molecule has 0 aliphatic carbocycles. The molecule has 10 heavy (non-hydrogen) atoms. The summed E-state index contributed by atoms with van der Waals surface area (Å²) in [6, 6.07) is 0. The molecule has 0 aliphatic rings. The van der Waals surface area contributed by atoms with Crippen LogP contribution in [-0.4, -0.2) is 20.6 Å². The van der Waals surface area contributed by atoms with E-state index in [1.165, 1.54) is 0 Å². The molecule has 0 aromatic carbocycles. The van der Waals surface area contributed by atoms with Gasteiger partial charge in [-0.25, -0.2) is 0 Å². The van der Waals surface area contributed by atoms with E-state index in [1.54, 1.807) is 0 Å². The second-order valence-corrected chi connectivity index (χ2v) is 3.14. The SMILES string of the molecule is O=P([O-])([O-])Cc1nn[nH]n1. The number of nitrogens with one attached hydrogen (secondary N) is 1. The summed E-state index contributed by atoms with van der Waals surface area (Å²) in [5, 5.41) is 11.7. The molecule has 0 bridgehead atoms. The molecule has 0 saturated carbocycles. The third kappa shape index (κ3) is 2.22. The predicted octanol–water partition coefficient (Wildman–Crippen LogP) is -2.39. The zero-order chi connectivity index (χ0) is 7.61. The largest absolute Gasteiger partial charge is 0.810 e. The Labute approximate surface area is 55.6 Å². The van der Waals surface area contributed by atoms with Crippen LogP contribution in [0, 0.1) is 0 Å². The maximum atomic E-state index is 10.0. The van der Waals surface area contributed by atoms with Gasteiger partial charge in [-0.05, 0) is 0 Å². The molecule has 1 heterocycles. The van der Waals surface area contributed by atoms with Crippen LogP contribution in [-0.2, 0) is 10.7 Å². The molecule has 0 atom stereocenters. The normalized spacial score (nSPS) is 11.8. The first-order chi connectivity index (χ1) is 4.58. The van der Waals surface area contributed by atoms with Crippen LogP contribution >= 0.6 is 7.60 Å². The fourth-order valence-corrected chi connectivity index (χ4v) is 0.903. The van der Waals surface area contributed by atoms with Crippen molar-refractivity contribution in [1.82, 2.24) is 20.6 Å². The number of H-pyrrole nitrogens is 1. The highest BCUT2D eigenvalue weighted by molar-refractivity contribution is 7.47. The van der Waals surface area contributed by atoms with Gasteiger partial charge in [0.1, 0.15) is 0 Å². The minimum atomic E-state index is -4.54. The molecule has 1 aromatic heterocycles. The number of aromatic amines is 1. The molecule has 0 radical (unpaired) electrons. The van der Waals surface area contributed by atoms with Crippen LogP contribution in [0.1, 0.15) is 5.82 Å². The molecule has 0 spiro atoms. The summed E-state index contributed by atoms with van der Waals surface area (Å²) in [7, 11) is -4.54. The fraction of sp³-hybridized carbons (Fsp3) is 0.500. The number of tetrazole rings is 1. The first kappa shape index (κ1) is 7.33. The number of hydrogen-bond acceptors (Lipinski definition) is 6. The monoisotopic (exact) mass is 162 g/mol. The molecule has 1 aromatic rings. The van der Waals surface area contributed by atoms with Crippen LogP contribution in [0.3, 0.4) is 0 Å². The molecule has 0 fully saturated rings. The summed E-state index contributed by atoms with van der Waals surface area (Å²) in [6.07, 6.45) is -0.691. The van der Waals surface area contributed by atoms with Gasteiger partial charge < -0.3 is 14.4 Å². The van der Waals surface area contributed by atoms with Crippen LogP contribution in [0.4, 0.5) is 0 Å². The number of aromatic nitrogens is 4. The Morgan fingerprint density at radius 1 is 1.60 bits per heavy atom. The lowest BCUT2D eigenvalue weighted by Crippen LogP contribution is -2.16. The van der Waals surface area contributed by atoms with Crippen LogP contribution in [0.25, 0.3) is 0 Å². The van der Waals surface area contributed by atoms with Gasteiger partial charge in [0.25, 0.3) is 0 Å². The van der Waals surface area contributed by atoms with Gasteiger partial charge in [0.15, 0.2) is 5.82 Å². The minimum absolute atomic E-state index is 0.103. The quantitative estimate of drug-likeness (QED) is 0.485. The van der Waals surface area contributed by atoms with E-state index < -0.39 is 13.8 Å². The van der Waals surface area contributed by atoms with Crippen molar-refractivity contribution in [3.05, 3.63) is 5.82 Å². The van der Waals surface area contributed by atoms with E-state index in [0.29, 0.717) is 0 Å². The van der Waals surface area contributed by atoms with E-state index in [2.05, 4.69) is 15.4 Å². The second-order valence-electron chi connectivity index (χ2n) is 1.60. The van der Waals surface area contributed by atoms with Crippen molar-refractivity contribution in [1.29, 1.82) is 0 Å².